The lowest BCUT2D eigenvalue weighted by Gasteiger charge is -2.31. The number of carbonyl (C=O) groups excluding carboxylic acids is 4. The van der Waals surface area contributed by atoms with Crippen molar-refractivity contribution in [2.45, 2.75) is 45.6 Å². The molecule has 0 aromatic heterocycles. The fourth-order valence-corrected chi connectivity index (χ4v) is 7.42. The van der Waals surface area contributed by atoms with Gasteiger partial charge in [0.15, 0.2) is 12.4 Å². The number of carboxylic acids is 1. The van der Waals surface area contributed by atoms with Crippen LogP contribution in [-0.4, -0.2) is 103 Å². The van der Waals surface area contributed by atoms with Crippen LogP contribution in [-0.2, 0) is 44.8 Å². The summed E-state index contributed by atoms with van der Waals surface area (Å²) in [5.74, 6) is -1.25. The van der Waals surface area contributed by atoms with Crippen molar-refractivity contribution in [3.05, 3.63) is 58.9 Å². The molecule has 56 heavy (non-hydrogen) atoms. The maximum absolute atomic E-state index is 14.7. The standard InChI is InChI=1S/C19H15FN2O4.C10H12N2O3S.C3H8NO5P.C3H9S/c1-2-7-21-15-9-14(13(20)8-16(15)26-10-17(21)23)22-18(24)11-5-3-4-6-12(11)19(22)25;1-7(2)12-10(13)8-5-3-4-6-9(8)11-16(12,14)15;5-3(6)1-4-2-10(7,8)9;1-4(2)3/h1,8-9H,3-7,10H2;3-7,11H,1-2H3;4H,1-2H2,(H,5,6)(H2,7,8,9);1-3H3/q;;;+1/p-1. The molecule has 0 saturated carbocycles. The smallest absolute Gasteiger partial charge is 0.326 e. The minimum absolute atomic E-state index is 0.0170. The Bertz CT molecular complexity index is 2070. The zero-order chi connectivity index (χ0) is 42.1. The van der Waals surface area contributed by atoms with Crippen LogP contribution < -0.4 is 29.5 Å². The Labute approximate surface area is 326 Å². The van der Waals surface area contributed by atoms with Gasteiger partial charge in [0, 0.05) is 23.3 Å². The molecule has 1 aliphatic carbocycles. The first-order chi connectivity index (χ1) is 26.1. The summed E-state index contributed by atoms with van der Waals surface area (Å²) >= 11 is 0. The zero-order valence-electron chi connectivity index (χ0n) is 31.2. The highest BCUT2D eigenvalue weighted by Crippen LogP contribution is 2.41. The van der Waals surface area contributed by atoms with Crippen molar-refractivity contribution < 1.29 is 61.0 Å². The van der Waals surface area contributed by atoms with E-state index in [4.69, 9.17) is 21.2 Å². The molecule has 0 bridgehead atoms. The molecule has 304 valence electrons. The molecule has 1 atom stereocenters. The van der Waals surface area contributed by atoms with Crippen LogP contribution in [0.1, 0.15) is 49.9 Å². The number of para-hydroxylation sites is 1. The van der Waals surface area contributed by atoms with Crippen molar-refractivity contribution in [3.8, 4) is 18.1 Å². The van der Waals surface area contributed by atoms with Crippen LogP contribution in [0.15, 0.2) is 47.5 Å². The van der Waals surface area contributed by atoms with Gasteiger partial charge >= 0.3 is 16.2 Å². The van der Waals surface area contributed by atoms with Gasteiger partial charge in [-0.1, -0.05) is 18.1 Å². The fraction of sp³-hybridized carbons (Fsp3) is 0.400. The van der Waals surface area contributed by atoms with E-state index in [1.807, 2.05) is 5.32 Å². The number of terminal acetylenes is 1. The summed E-state index contributed by atoms with van der Waals surface area (Å²) in [6.45, 7) is 2.57. The summed E-state index contributed by atoms with van der Waals surface area (Å²) in [7, 11) is -7.46. The Morgan fingerprint density at radius 1 is 1.07 bits per heavy atom. The first kappa shape index (κ1) is 45.6. The Balaban J connectivity index is 0.000000239. The molecule has 0 radical (unpaired) electrons. The molecule has 1 unspecified atom stereocenters. The first-order valence-electron chi connectivity index (χ1n) is 16.8. The van der Waals surface area contributed by atoms with Crippen LogP contribution in [0.5, 0.6) is 5.75 Å². The number of hydrogen-bond acceptors (Lipinski definition) is 11. The number of nitrogens with one attached hydrogen (secondary N) is 2. The van der Waals surface area contributed by atoms with Crippen molar-refractivity contribution in [2.75, 3.05) is 59.3 Å². The third-order valence-corrected chi connectivity index (χ3v) is 9.97. The maximum Gasteiger partial charge on any atom is 0.326 e. The highest BCUT2D eigenvalue weighted by molar-refractivity contribution is 7.94. The first-order valence-corrected chi connectivity index (χ1v) is 22.5. The molecule has 4 amide bonds. The van der Waals surface area contributed by atoms with E-state index < -0.39 is 66.2 Å². The second kappa shape index (κ2) is 19.4. The van der Waals surface area contributed by atoms with Crippen molar-refractivity contribution in [1.29, 1.82) is 0 Å². The van der Waals surface area contributed by atoms with Crippen molar-refractivity contribution in [3.63, 3.8) is 0 Å². The molecule has 4 N–H and O–H groups in total. The van der Waals surface area contributed by atoms with Crippen LogP contribution >= 0.6 is 7.60 Å². The molecule has 2 aromatic carbocycles. The van der Waals surface area contributed by atoms with Crippen molar-refractivity contribution in [2.24, 2.45) is 0 Å². The average Bonchev–Trinajstić information content (AvgIpc) is 3.34. The number of halogens is 1. The van der Waals surface area contributed by atoms with Crippen LogP contribution in [0.3, 0.4) is 0 Å². The predicted octanol–water partition coefficient (Wildman–Crippen LogP) is 1.79. The van der Waals surface area contributed by atoms with E-state index in [1.54, 1.807) is 38.1 Å². The fourth-order valence-electron chi connectivity index (χ4n) is 5.60. The second-order valence-electron chi connectivity index (χ2n) is 13.0. The molecule has 4 aliphatic rings. The third-order valence-electron chi connectivity index (χ3n) is 7.76. The van der Waals surface area contributed by atoms with Crippen LogP contribution in [0.4, 0.5) is 21.5 Å². The summed E-state index contributed by atoms with van der Waals surface area (Å²) in [5.41, 5.74) is 1.71. The van der Waals surface area contributed by atoms with Gasteiger partial charge in [0.05, 0.1) is 60.8 Å². The molecule has 2 aromatic rings. The van der Waals surface area contributed by atoms with Gasteiger partial charge in [-0.25, -0.2) is 13.6 Å². The van der Waals surface area contributed by atoms with E-state index in [-0.39, 0.29) is 36.2 Å². The number of nitrogens with zero attached hydrogens (tertiary/aromatic N) is 3. The van der Waals surface area contributed by atoms with Gasteiger partial charge in [-0.15, -0.1) is 6.42 Å². The van der Waals surface area contributed by atoms with Gasteiger partial charge in [0.2, 0.25) is 0 Å². The Morgan fingerprint density at radius 3 is 2.16 bits per heavy atom. The highest BCUT2D eigenvalue weighted by Gasteiger charge is 2.42. The number of amides is 4. The molecule has 0 saturated heterocycles. The Morgan fingerprint density at radius 2 is 1.64 bits per heavy atom. The van der Waals surface area contributed by atoms with Crippen LogP contribution in [0.25, 0.3) is 0 Å². The van der Waals surface area contributed by atoms with Gasteiger partial charge < -0.3 is 24.2 Å². The molecule has 6 rings (SSSR count). The van der Waals surface area contributed by atoms with Crippen LogP contribution in [0.2, 0.25) is 0 Å². The normalized spacial score (nSPS) is 17.7. The number of rotatable bonds is 7. The SMILES string of the molecule is C#CCN1C(=O)COc2cc(F)c(N3C(=O)C4=C(CCCC4)C3=O)cc21.CC(C)N1C(=O)c2ccccc2NS1(=O)=O.C[S+](C)C.O=C(O)CNCP(=O)([O-])O. The van der Waals surface area contributed by atoms with Gasteiger partial charge in [-0.05, 0) is 68.6 Å². The monoisotopic (exact) mass is 839 g/mol. The lowest BCUT2D eigenvalue weighted by molar-refractivity contribution is -0.193. The summed E-state index contributed by atoms with van der Waals surface area (Å²) in [6, 6.07) is 8.52. The summed E-state index contributed by atoms with van der Waals surface area (Å²) in [5, 5.41) is 9.97. The number of ether oxygens (including phenoxy) is 1. The lowest BCUT2D eigenvalue weighted by Crippen LogP contribution is -2.48. The van der Waals surface area contributed by atoms with E-state index in [9.17, 15) is 46.2 Å². The third kappa shape index (κ3) is 11.6. The molecular weight excluding hydrogens is 797 g/mol. The van der Waals surface area contributed by atoms with E-state index in [0.717, 1.165) is 28.1 Å². The summed E-state index contributed by atoms with van der Waals surface area (Å²) in [6.07, 6.45) is 13.9. The quantitative estimate of drug-likeness (QED) is 0.135. The molecule has 0 fully saturated rings. The van der Waals surface area contributed by atoms with Gasteiger partial charge in [-0.2, -0.15) is 8.42 Å². The topological polar surface area (TPSA) is 243 Å². The molecule has 17 nitrogen and oxygen atoms in total. The van der Waals surface area contributed by atoms with Crippen molar-refractivity contribution >= 4 is 75.4 Å². The van der Waals surface area contributed by atoms with Gasteiger partial charge in [-0.3, -0.25) is 38.9 Å². The van der Waals surface area contributed by atoms with Gasteiger partial charge in [0.25, 0.3) is 23.6 Å². The Hall–Kier alpha value is -4.77. The number of anilines is 3. The number of carboxylic acid groups (broad SMARTS) is 1. The summed E-state index contributed by atoms with van der Waals surface area (Å²) in [4.78, 5) is 79.3. The number of imide groups is 1. The van der Waals surface area contributed by atoms with E-state index in [0.29, 0.717) is 46.1 Å². The van der Waals surface area contributed by atoms with Crippen LogP contribution in [0, 0.1) is 18.2 Å². The van der Waals surface area contributed by atoms with E-state index in [2.05, 4.69) is 29.4 Å². The molecule has 0 spiro atoms. The number of hydrogen-bond donors (Lipinski definition) is 4. The van der Waals surface area contributed by atoms with Crippen molar-refractivity contribution in [1.82, 2.24) is 9.62 Å². The summed E-state index contributed by atoms with van der Waals surface area (Å²) < 4.78 is 56.7. The minimum atomic E-state index is -4.35. The minimum Gasteiger partial charge on any atom is -0.778 e. The highest BCUT2D eigenvalue weighted by atomic mass is 32.2. The Kier molecular flexibility index (Phi) is 15.8. The number of aliphatic carboxylic acids is 1. The average molecular weight is 840 g/mol. The number of fused-ring (bicyclic) bond motifs is 2. The predicted molar refractivity (Wildman–Crippen MR) is 207 cm³/mol. The van der Waals surface area contributed by atoms with Gasteiger partial charge in [0.1, 0.15) is 13.3 Å². The lowest BCUT2D eigenvalue weighted by atomic mass is 9.93. The second-order valence-corrected chi connectivity index (χ2v) is 18.6. The molecule has 21 heteroatoms. The maximum atomic E-state index is 14.7. The molecule has 3 aliphatic heterocycles. The molecular formula is C35H43FN5O12PS2. The van der Waals surface area contributed by atoms with E-state index in [1.165, 1.54) is 11.0 Å². The number of benzene rings is 2. The zero-order valence-corrected chi connectivity index (χ0v) is 33.8. The van der Waals surface area contributed by atoms with E-state index >= 15 is 0 Å². The number of carbonyl (C=O) groups is 5. The molecule has 3 heterocycles. The largest absolute Gasteiger partial charge is 0.778 e.